The maximum atomic E-state index is 13.7. The van der Waals surface area contributed by atoms with Crippen molar-refractivity contribution in [1.29, 1.82) is 0 Å². The van der Waals surface area contributed by atoms with Crippen molar-refractivity contribution >= 4 is 23.4 Å². The van der Waals surface area contributed by atoms with Crippen LogP contribution in [0, 0.1) is 24.7 Å². The fourth-order valence-corrected chi connectivity index (χ4v) is 7.17. The van der Waals surface area contributed by atoms with Gasteiger partial charge in [0, 0.05) is 49.0 Å². The van der Waals surface area contributed by atoms with Gasteiger partial charge in [0.15, 0.2) is 0 Å². The van der Waals surface area contributed by atoms with Crippen molar-refractivity contribution < 1.29 is 14.7 Å². The maximum Gasteiger partial charge on any atom is 0.225 e. The topological polar surface area (TPSA) is 81.7 Å². The summed E-state index contributed by atoms with van der Waals surface area (Å²) < 4.78 is 0. The molecule has 218 valence electrons. The summed E-state index contributed by atoms with van der Waals surface area (Å²) in [4.78, 5) is 27.3. The van der Waals surface area contributed by atoms with Crippen LogP contribution in [0.3, 0.4) is 0 Å². The fraction of sp³-hybridized carbons (Fsp3) is 0.576. The van der Waals surface area contributed by atoms with Crippen LogP contribution in [0.2, 0.25) is 5.02 Å². The Morgan fingerprint density at radius 2 is 1.85 bits per heavy atom. The zero-order chi connectivity index (χ0) is 28.7. The summed E-state index contributed by atoms with van der Waals surface area (Å²) in [6.07, 6.45) is 6.84. The van der Waals surface area contributed by atoms with Gasteiger partial charge in [-0.15, -0.1) is 0 Å². The van der Waals surface area contributed by atoms with Crippen LogP contribution in [-0.4, -0.2) is 55.0 Å². The summed E-state index contributed by atoms with van der Waals surface area (Å²) >= 11 is 6.84. The van der Waals surface area contributed by atoms with Crippen LogP contribution >= 0.6 is 11.6 Å². The molecule has 2 atom stereocenters. The number of benzene rings is 2. The smallest absolute Gasteiger partial charge is 0.225 e. The number of likely N-dealkylation sites (tertiary alicyclic amines) is 1. The van der Waals surface area contributed by atoms with E-state index in [1.165, 1.54) is 6.92 Å². The first-order valence-corrected chi connectivity index (χ1v) is 15.4. The number of rotatable bonds is 10. The van der Waals surface area contributed by atoms with Crippen LogP contribution in [0.5, 0.6) is 0 Å². The molecule has 7 heteroatoms. The van der Waals surface area contributed by atoms with E-state index in [9.17, 15) is 14.7 Å². The van der Waals surface area contributed by atoms with Crippen molar-refractivity contribution in [3.05, 3.63) is 58.6 Å². The van der Waals surface area contributed by atoms with E-state index in [1.54, 1.807) is 0 Å². The molecule has 40 heavy (non-hydrogen) atoms. The average molecular weight is 568 g/mol. The molecule has 2 aromatic rings. The lowest BCUT2D eigenvalue weighted by molar-refractivity contribution is -0.142. The van der Waals surface area contributed by atoms with Gasteiger partial charge in [0.05, 0.1) is 5.60 Å². The van der Waals surface area contributed by atoms with E-state index in [2.05, 4.69) is 29.7 Å². The van der Waals surface area contributed by atoms with Crippen LogP contribution in [0.4, 0.5) is 0 Å². The van der Waals surface area contributed by atoms with Gasteiger partial charge in [-0.3, -0.25) is 9.59 Å². The molecule has 1 aliphatic heterocycles. The van der Waals surface area contributed by atoms with E-state index in [0.29, 0.717) is 36.9 Å². The van der Waals surface area contributed by atoms with E-state index in [-0.39, 0.29) is 23.7 Å². The van der Waals surface area contributed by atoms with Crippen molar-refractivity contribution in [2.24, 2.45) is 17.8 Å². The molecule has 0 spiro atoms. The van der Waals surface area contributed by atoms with E-state index in [4.69, 9.17) is 11.6 Å². The second-order valence-corrected chi connectivity index (χ2v) is 12.3. The summed E-state index contributed by atoms with van der Waals surface area (Å²) in [5.74, 6) is 0.766. The molecule has 0 bridgehead atoms. The zero-order valence-electron chi connectivity index (χ0n) is 24.3. The second kappa shape index (κ2) is 14.0. The minimum atomic E-state index is -1.20. The minimum Gasteiger partial charge on any atom is -0.385 e. The summed E-state index contributed by atoms with van der Waals surface area (Å²) in [7, 11) is 1.99. The molecule has 0 aromatic heterocycles. The van der Waals surface area contributed by atoms with Gasteiger partial charge in [0.25, 0.3) is 0 Å². The lowest BCUT2D eigenvalue weighted by Crippen LogP contribution is -2.50. The highest BCUT2D eigenvalue weighted by molar-refractivity contribution is 6.33. The number of carbonyl (C=O) groups excluding carboxylic acids is 2. The molecule has 2 aliphatic rings. The Balaban J connectivity index is 1.62. The Labute approximate surface area is 244 Å². The summed E-state index contributed by atoms with van der Waals surface area (Å²) in [5, 5.41) is 19.5. The van der Waals surface area contributed by atoms with E-state index in [0.717, 1.165) is 73.9 Å². The normalized spacial score (nSPS) is 22.9. The van der Waals surface area contributed by atoms with Crippen LogP contribution < -0.4 is 10.6 Å². The Morgan fingerprint density at radius 1 is 1.10 bits per heavy atom. The lowest BCUT2D eigenvalue weighted by atomic mass is 9.72. The SMILES string of the molecule is CNC[C@H]1CC[C@H](C(=O)N2CCCC(C(O)(CCCNC(C)=O)c3cccc(Cl)c3-c3cccc(C)c3)C2)CC1. The van der Waals surface area contributed by atoms with E-state index in [1.807, 2.05) is 42.3 Å². The second-order valence-electron chi connectivity index (χ2n) is 11.9. The Bertz CT molecular complexity index is 1160. The molecular weight excluding hydrogens is 522 g/mol. The number of halogens is 1. The Morgan fingerprint density at radius 3 is 2.55 bits per heavy atom. The first-order valence-electron chi connectivity index (χ1n) is 15.0. The van der Waals surface area contributed by atoms with Crippen molar-refractivity contribution in [1.82, 2.24) is 15.5 Å². The Hall–Kier alpha value is -2.41. The third-order valence-electron chi connectivity index (χ3n) is 8.99. The standard InChI is InChI=1S/C33H46ClN3O3/c1-23-8-4-9-27(20-23)31-29(11-5-12-30(31)34)33(40,17-7-18-36-24(2)38)28-10-6-19-37(22-28)32(39)26-15-13-25(14-16-26)21-35-3/h4-5,8-9,11-12,20,25-26,28,35,40H,6-7,10,13-19,21-22H2,1-3H3,(H,36,38)/t25-,26-,28?,33?. The summed E-state index contributed by atoms with van der Waals surface area (Å²) in [6, 6.07) is 14.0. The number of amides is 2. The van der Waals surface area contributed by atoms with Crippen LogP contribution in [0.1, 0.15) is 69.4 Å². The number of aryl methyl sites for hydroxylation is 1. The molecule has 0 radical (unpaired) electrons. The van der Waals surface area contributed by atoms with E-state index >= 15 is 0 Å². The number of piperidine rings is 1. The molecule has 2 amide bonds. The minimum absolute atomic E-state index is 0.0775. The number of carbonyl (C=O) groups is 2. The van der Waals surface area contributed by atoms with Crippen molar-refractivity contribution in [2.45, 2.75) is 70.8 Å². The molecule has 1 aliphatic carbocycles. The molecule has 1 saturated carbocycles. The highest BCUT2D eigenvalue weighted by Crippen LogP contribution is 2.46. The molecule has 4 rings (SSSR count). The summed E-state index contributed by atoms with van der Waals surface area (Å²) in [5.41, 5.74) is 2.55. The average Bonchev–Trinajstić information content (AvgIpc) is 2.95. The van der Waals surface area contributed by atoms with Gasteiger partial charge >= 0.3 is 0 Å². The van der Waals surface area contributed by atoms with Crippen LogP contribution in [-0.2, 0) is 15.2 Å². The van der Waals surface area contributed by atoms with Crippen molar-refractivity contribution in [2.75, 3.05) is 33.2 Å². The predicted octanol–water partition coefficient (Wildman–Crippen LogP) is 5.68. The number of hydrogen-bond donors (Lipinski definition) is 3. The molecular formula is C33H46ClN3O3. The predicted molar refractivity (Wildman–Crippen MR) is 162 cm³/mol. The van der Waals surface area contributed by atoms with Gasteiger partial charge in [0.2, 0.25) is 11.8 Å². The molecule has 1 heterocycles. The monoisotopic (exact) mass is 567 g/mol. The third kappa shape index (κ3) is 7.26. The van der Waals surface area contributed by atoms with Crippen molar-refractivity contribution in [3.63, 3.8) is 0 Å². The van der Waals surface area contributed by atoms with E-state index < -0.39 is 5.60 Å². The van der Waals surface area contributed by atoms with Gasteiger partial charge < -0.3 is 20.6 Å². The van der Waals surface area contributed by atoms with Gasteiger partial charge in [-0.1, -0.05) is 53.6 Å². The highest BCUT2D eigenvalue weighted by atomic mass is 35.5. The number of aliphatic hydroxyl groups is 1. The molecule has 2 unspecified atom stereocenters. The molecule has 3 N–H and O–H groups in total. The first kappa shape index (κ1) is 30.5. The molecule has 2 aromatic carbocycles. The highest BCUT2D eigenvalue weighted by Gasteiger charge is 2.43. The first-order chi connectivity index (χ1) is 19.2. The molecule has 1 saturated heterocycles. The van der Waals surface area contributed by atoms with Gasteiger partial charge in [0.1, 0.15) is 0 Å². The van der Waals surface area contributed by atoms with Gasteiger partial charge in [-0.25, -0.2) is 0 Å². The number of hydrogen-bond acceptors (Lipinski definition) is 4. The maximum absolute atomic E-state index is 13.7. The number of nitrogens with zero attached hydrogens (tertiary/aromatic N) is 1. The van der Waals surface area contributed by atoms with Crippen molar-refractivity contribution in [3.8, 4) is 11.1 Å². The quantitative estimate of drug-likeness (QED) is 0.322. The number of nitrogens with one attached hydrogen (secondary N) is 2. The summed E-state index contributed by atoms with van der Waals surface area (Å²) in [6.45, 7) is 6.34. The Kier molecular flexibility index (Phi) is 10.7. The van der Waals surface area contributed by atoms with Crippen LogP contribution in [0.25, 0.3) is 11.1 Å². The fourth-order valence-electron chi connectivity index (χ4n) is 6.89. The molecule has 6 nitrogen and oxygen atoms in total. The third-order valence-corrected chi connectivity index (χ3v) is 9.31. The lowest BCUT2D eigenvalue weighted by Gasteiger charge is -2.45. The van der Waals surface area contributed by atoms with Gasteiger partial charge in [-0.2, -0.15) is 0 Å². The molecule has 2 fully saturated rings. The zero-order valence-corrected chi connectivity index (χ0v) is 25.1. The largest absolute Gasteiger partial charge is 0.385 e. The van der Waals surface area contributed by atoms with Gasteiger partial charge in [-0.05, 0) is 95.0 Å². The van der Waals surface area contributed by atoms with Crippen LogP contribution in [0.15, 0.2) is 42.5 Å².